The number of Topliss-reactive ketones (excluding diaryl/α,β-unsaturated/α-hetero) is 1. The zero-order valence-corrected chi connectivity index (χ0v) is 22.8. The monoisotopic (exact) mass is 542 g/mol. The standard InChI is InChI=1S/C28H35FN4O4S/c1-3-37-26(35)10-6-7-14-33-18-22(30-31-33)16-21-17-32(15-13-25(21)38-19(2)34)27(28(36)20-11-12-20)23-8-4-5-9-24(23)29/h4-5,8-9,16,18,20,25,27H,3,6-7,10-15,17H2,1-2H3. The predicted octanol–water partition coefficient (Wildman–Crippen LogP) is 4.61. The number of halogens is 1. The lowest BCUT2D eigenvalue weighted by Crippen LogP contribution is -2.43. The number of rotatable bonds is 12. The van der Waals surface area contributed by atoms with Crippen LogP contribution in [0.1, 0.15) is 69.7 Å². The van der Waals surface area contributed by atoms with Gasteiger partial charge in [0.25, 0.3) is 0 Å². The van der Waals surface area contributed by atoms with Crippen LogP contribution in [0.2, 0.25) is 0 Å². The van der Waals surface area contributed by atoms with Gasteiger partial charge in [-0.3, -0.25) is 24.0 Å². The van der Waals surface area contributed by atoms with Crippen LogP contribution >= 0.6 is 11.8 Å². The average Bonchev–Trinajstić information content (AvgIpc) is 3.64. The van der Waals surface area contributed by atoms with Crippen molar-refractivity contribution >= 4 is 34.7 Å². The average molecular weight is 543 g/mol. The van der Waals surface area contributed by atoms with Gasteiger partial charge in [-0.05, 0) is 56.7 Å². The van der Waals surface area contributed by atoms with Crippen LogP contribution in [0.25, 0.3) is 6.08 Å². The molecule has 0 bridgehead atoms. The summed E-state index contributed by atoms with van der Waals surface area (Å²) in [6, 6.07) is 5.87. The third-order valence-electron chi connectivity index (χ3n) is 6.81. The molecule has 0 amide bonds. The summed E-state index contributed by atoms with van der Waals surface area (Å²) < 4.78 is 21.6. The predicted molar refractivity (Wildman–Crippen MR) is 144 cm³/mol. The van der Waals surface area contributed by atoms with Crippen LogP contribution in [-0.4, -0.2) is 61.7 Å². The summed E-state index contributed by atoms with van der Waals surface area (Å²) >= 11 is 1.28. The number of esters is 1. The van der Waals surface area contributed by atoms with Crippen LogP contribution in [0.15, 0.2) is 36.0 Å². The fraction of sp³-hybridized carbons (Fsp3) is 0.536. The van der Waals surface area contributed by atoms with E-state index in [4.69, 9.17) is 4.74 Å². The maximum atomic E-state index is 14.9. The van der Waals surface area contributed by atoms with E-state index in [0.29, 0.717) is 56.8 Å². The lowest BCUT2D eigenvalue weighted by Gasteiger charge is -2.38. The molecule has 1 aromatic carbocycles. The molecule has 0 N–H and O–H groups in total. The van der Waals surface area contributed by atoms with Gasteiger partial charge in [0.1, 0.15) is 11.5 Å². The number of aromatic nitrogens is 3. The van der Waals surface area contributed by atoms with Crippen LogP contribution in [0.5, 0.6) is 0 Å². The van der Waals surface area contributed by atoms with Gasteiger partial charge in [-0.25, -0.2) is 4.39 Å². The van der Waals surface area contributed by atoms with Gasteiger partial charge in [0.2, 0.25) is 0 Å². The summed E-state index contributed by atoms with van der Waals surface area (Å²) in [5, 5.41) is 8.48. The molecule has 2 aliphatic rings. The minimum atomic E-state index is -0.648. The number of unbranched alkanes of at least 4 members (excludes halogenated alkanes) is 1. The minimum absolute atomic E-state index is 0.0138. The van der Waals surface area contributed by atoms with E-state index < -0.39 is 6.04 Å². The van der Waals surface area contributed by atoms with Crippen molar-refractivity contribution in [2.24, 2.45) is 5.92 Å². The van der Waals surface area contributed by atoms with Crippen LogP contribution in [0.4, 0.5) is 4.39 Å². The lowest BCUT2D eigenvalue weighted by atomic mass is 9.93. The van der Waals surface area contributed by atoms with E-state index >= 15 is 0 Å². The summed E-state index contributed by atoms with van der Waals surface area (Å²) in [6.45, 7) is 5.38. The molecule has 1 aliphatic heterocycles. The SMILES string of the molecule is CCOC(=O)CCCCn1cc(C=C2CN(C(C(=O)C3CC3)c3ccccc3F)CCC2SC(C)=O)nn1. The molecule has 2 unspecified atom stereocenters. The zero-order chi connectivity index (χ0) is 27.1. The molecule has 0 radical (unpaired) electrons. The summed E-state index contributed by atoms with van der Waals surface area (Å²) in [5.74, 6) is -0.509. The highest BCUT2D eigenvalue weighted by molar-refractivity contribution is 8.14. The number of ether oxygens (including phenoxy) is 1. The van der Waals surface area contributed by atoms with E-state index in [1.54, 1.807) is 36.7 Å². The smallest absolute Gasteiger partial charge is 0.305 e. The largest absolute Gasteiger partial charge is 0.466 e. The quantitative estimate of drug-likeness (QED) is 0.284. The number of carbonyl (C=O) groups is 3. The number of thioether (sulfide) groups is 1. The maximum absolute atomic E-state index is 14.9. The van der Waals surface area contributed by atoms with Crippen LogP contribution in [-0.2, 0) is 25.7 Å². The minimum Gasteiger partial charge on any atom is -0.466 e. The maximum Gasteiger partial charge on any atom is 0.305 e. The number of benzene rings is 1. The molecule has 1 saturated heterocycles. The Balaban J connectivity index is 1.50. The summed E-state index contributed by atoms with van der Waals surface area (Å²) in [6.07, 6.45) is 8.00. The molecule has 204 valence electrons. The second kappa shape index (κ2) is 13.3. The summed E-state index contributed by atoms with van der Waals surface area (Å²) in [5.41, 5.74) is 2.04. The molecule has 1 aliphatic carbocycles. The molecular weight excluding hydrogens is 507 g/mol. The first-order valence-electron chi connectivity index (χ1n) is 13.3. The highest BCUT2D eigenvalue weighted by Crippen LogP contribution is 2.40. The molecule has 2 heterocycles. The molecule has 2 fully saturated rings. The van der Waals surface area contributed by atoms with E-state index in [2.05, 4.69) is 10.3 Å². The van der Waals surface area contributed by atoms with Crippen molar-refractivity contribution in [1.82, 2.24) is 19.9 Å². The van der Waals surface area contributed by atoms with E-state index in [-0.39, 0.29) is 33.9 Å². The van der Waals surface area contributed by atoms with E-state index in [1.807, 2.05) is 17.2 Å². The van der Waals surface area contributed by atoms with Crippen LogP contribution < -0.4 is 0 Å². The number of carbonyl (C=O) groups excluding carboxylic acids is 3. The number of likely N-dealkylation sites (tertiary alicyclic amines) is 1. The Labute approximate surface area is 227 Å². The fourth-order valence-corrected chi connectivity index (χ4v) is 5.77. The zero-order valence-electron chi connectivity index (χ0n) is 22.0. The molecule has 8 nitrogen and oxygen atoms in total. The molecule has 2 atom stereocenters. The van der Waals surface area contributed by atoms with Crippen molar-refractivity contribution in [3.8, 4) is 0 Å². The van der Waals surface area contributed by atoms with Crippen molar-refractivity contribution in [3.63, 3.8) is 0 Å². The Hall–Kier alpha value is -2.85. The number of piperidine rings is 1. The molecule has 38 heavy (non-hydrogen) atoms. The number of ketones is 1. The summed E-state index contributed by atoms with van der Waals surface area (Å²) in [7, 11) is 0. The number of aryl methyl sites for hydroxylation is 1. The Bertz CT molecular complexity index is 1180. The first-order chi connectivity index (χ1) is 18.4. The second-order valence-electron chi connectivity index (χ2n) is 9.85. The second-order valence-corrected chi connectivity index (χ2v) is 11.2. The summed E-state index contributed by atoms with van der Waals surface area (Å²) in [4.78, 5) is 38.9. The van der Waals surface area contributed by atoms with Crippen LogP contribution in [0.3, 0.4) is 0 Å². The number of hydrogen-bond donors (Lipinski definition) is 0. The highest BCUT2D eigenvalue weighted by Gasteiger charge is 2.41. The van der Waals surface area contributed by atoms with Gasteiger partial charge in [-0.2, -0.15) is 0 Å². The Morgan fingerprint density at radius 1 is 1.21 bits per heavy atom. The number of nitrogens with zero attached hydrogens (tertiary/aromatic N) is 4. The van der Waals surface area contributed by atoms with Crippen molar-refractivity contribution in [3.05, 3.63) is 53.1 Å². The topological polar surface area (TPSA) is 94.4 Å². The molecule has 10 heteroatoms. The normalized spacial score (nSPS) is 19.9. The van der Waals surface area contributed by atoms with Crippen molar-refractivity contribution in [2.45, 2.75) is 70.2 Å². The molecule has 0 spiro atoms. The first-order valence-corrected chi connectivity index (χ1v) is 14.2. The van der Waals surface area contributed by atoms with Gasteiger partial charge < -0.3 is 4.74 Å². The Kier molecular flexibility index (Phi) is 9.85. The Morgan fingerprint density at radius 2 is 2.00 bits per heavy atom. The van der Waals surface area contributed by atoms with Gasteiger partial charge in [0.05, 0.1) is 18.8 Å². The van der Waals surface area contributed by atoms with Gasteiger partial charge in [0, 0.05) is 49.7 Å². The third-order valence-corrected chi connectivity index (χ3v) is 7.97. The van der Waals surface area contributed by atoms with Crippen molar-refractivity contribution in [2.75, 3.05) is 19.7 Å². The fourth-order valence-electron chi connectivity index (χ4n) is 4.85. The van der Waals surface area contributed by atoms with Gasteiger partial charge >= 0.3 is 5.97 Å². The number of hydrogen-bond acceptors (Lipinski definition) is 8. The lowest BCUT2D eigenvalue weighted by molar-refractivity contribution is -0.143. The molecule has 1 saturated carbocycles. The highest BCUT2D eigenvalue weighted by atomic mass is 32.2. The van der Waals surface area contributed by atoms with Gasteiger partial charge in [-0.1, -0.05) is 35.2 Å². The van der Waals surface area contributed by atoms with E-state index in [9.17, 15) is 18.8 Å². The van der Waals surface area contributed by atoms with Gasteiger partial charge in [-0.15, -0.1) is 5.10 Å². The Morgan fingerprint density at radius 3 is 2.71 bits per heavy atom. The molecule has 2 aromatic rings. The first kappa shape index (κ1) is 28.2. The third kappa shape index (κ3) is 7.60. The van der Waals surface area contributed by atoms with E-state index in [0.717, 1.165) is 24.8 Å². The van der Waals surface area contributed by atoms with Crippen molar-refractivity contribution in [1.29, 1.82) is 0 Å². The van der Waals surface area contributed by atoms with Crippen molar-refractivity contribution < 1.29 is 23.5 Å². The molecule has 1 aromatic heterocycles. The van der Waals surface area contributed by atoms with E-state index in [1.165, 1.54) is 17.8 Å². The van der Waals surface area contributed by atoms with Gasteiger partial charge in [0.15, 0.2) is 10.9 Å². The molecule has 4 rings (SSSR count). The van der Waals surface area contributed by atoms with Crippen LogP contribution in [0, 0.1) is 11.7 Å². The molecular formula is C28H35FN4O4S.